The minimum absolute atomic E-state index is 0.0135. The predicted octanol–water partition coefficient (Wildman–Crippen LogP) is 1.52. The predicted molar refractivity (Wildman–Crippen MR) is 83.8 cm³/mol. The van der Waals surface area contributed by atoms with Gasteiger partial charge in [0.15, 0.2) is 0 Å². The molecule has 0 unspecified atom stereocenters. The lowest BCUT2D eigenvalue weighted by Crippen LogP contribution is -2.50. The molecule has 1 amide bonds. The number of carbonyl (C=O) groups excluding carboxylic acids is 1. The van der Waals surface area contributed by atoms with E-state index in [9.17, 15) is 4.79 Å². The van der Waals surface area contributed by atoms with Crippen LogP contribution in [0.1, 0.15) is 24.8 Å². The molecular formula is C16H16N6O2. The van der Waals surface area contributed by atoms with Gasteiger partial charge in [0.05, 0.1) is 5.92 Å². The molecule has 1 atom stereocenters. The Morgan fingerprint density at radius 1 is 1.29 bits per heavy atom. The first-order valence-corrected chi connectivity index (χ1v) is 7.74. The fourth-order valence-corrected chi connectivity index (χ4v) is 2.71. The molecule has 1 aromatic carbocycles. The van der Waals surface area contributed by atoms with E-state index in [0.717, 1.165) is 5.56 Å². The maximum Gasteiger partial charge on any atom is 0.247 e. The Morgan fingerprint density at radius 3 is 2.79 bits per heavy atom. The molecule has 8 nitrogen and oxygen atoms in total. The highest BCUT2D eigenvalue weighted by atomic mass is 16.5. The SMILES string of the molecule is C[C@@H](C(=O)N1CC(c2nc(-c3ccccc3)no2)C1)n1cncn1. The lowest BCUT2D eigenvalue weighted by atomic mass is 9.99. The van der Waals surface area contributed by atoms with Crippen LogP contribution in [-0.2, 0) is 4.79 Å². The summed E-state index contributed by atoms with van der Waals surface area (Å²) in [4.78, 5) is 22.5. The Hall–Kier alpha value is -3.03. The second-order valence-electron chi connectivity index (χ2n) is 5.81. The van der Waals surface area contributed by atoms with Gasteiger partial charge in [-0.25, -0.2) is 9.67 Å². The van der Waals surface area contributed by atoms with Crippen LogP contribution in [-0.4, -0.2) is 48.8 Å². The summed E-state index contributed by atoms with van der Waals surface area (Å²) < 4.78 is 6.91. The van der Waals surface area contributed by atoms with Gasteiger partial charge in [0, 0.05) is 18.7 Å². The molecule has 8 heteroatoms. The van der Waals surface area contributed by atoms with Crippen molar-refractivity contribution in [2.24, 2.45) is 0 Å². The van der Waals surface area contributed by atoms with Crippen LogP contribution in [0, 0.1) is 0 Å². The fourth-order valence-electron chi connectivity index (χ4n) is 2.71. The molecular weight excluding hydrogens is 308 g/mol. The van der Waals surface area contributed by atoms with Crippen molar-refractivity contribution in [1.82, 2.24) is 29.8 Å². The van der Waals surface area contributed by atoms with Crippen molar-refractivity contribution < 1.29 is 9.32 Å². The van der Waals surface area contributed by atoms with E-state index in [1.807, 2.05) is 37.3 Å². The van der Waals surface area contributed by atoms with E-state index >= 15 is 0 Å². The Balaban J connectivity index is 1.39. The molecule has 0 N–H and O–H groups in total. The highest BCUT2D eigenvalue weighted by molar-refractivity contribution is 5.80. The van der Waals surface area contributed by atoms with Gasteiger partial charge in [-0.1, -0.05) is 35.5 Å². The average Bonchev–Trinajstić information content (AvgIpc) is 3.25. The topological polar surface area (TPSA) is 89.9 Å². The molecule has 2 aromatic heterocycles. The van der Waals surface area contributed by atoms with Crippen LogP contribution in [0.3, 0.4) is 0 Å². The Labute approximate surface area is 138 Å². The van der Waals surface area contributed by atoms with Gasteiger partial charge in [0.25, 0.3) is 0 Å². The second-order valence-corrected chi connectivity index (χ2v) is 5.81. The largest absolute Gasteiger partial charge is 0.339 e. The van der Waals surface area contributed by atoms with Crippen LogP contribution in [0.25, 0.3) is 11.4 Å². The van der Waals surface area contributed by atoms with Gasteiger partial charge in [-0.15, -0.1) is 0 Å². The van der Waals surface area contributed by atoms with E-state index in [2.05, 4.69) is 20.2 Å². The number of aromatic nitrogens is 5. The van der Waals surface area contributed by atoms with Crippen LogP contribution in [0.15, 0.2) is 47.5 Å². The molecule has 0 radical (unpaired) electrons. The van der Waals surface area contributed by atoms with Gasteiger partial charge in [-0.3, -0.25) is 4.79 Å². The second kappa shape index (κ2) is 5.88. The molecule has 0 aliphatic carbocycles. The third kappa shape index (κ3) is 2.55. The number of benzene rings is 1. The average molecular weight is 324 g/mol. The molecule has 1 aliphatic rings. The van der Waals surface area contributed by atoms with Crippen LogP contribution in [0.2, 0.25) is 0 Å². The van der Waals surface area contributed by atoms with Gasteiger partial charge < -0.3 is 9.42 Å². The van der Waals surface area contributed by atoms with E-state index in [-0.39, 0.29) is 17.9 Å². The van der Waals surface area contributed by atoms with E-state index < -0.39 is 0 Å². The van der Waals surface area contributed by atoms with Crippen molar-refractivity contribution in [3.05, 3.63) is 48.9 Å². The summed E-state index contributed by atoms with van der Waals surface area (Å²) in [6.45, 7) is 2.97. The van der Waals surface area contributed by atoms with Crippen molar-refractivity contribution in [3.63, 3.8) is 0 Å². The molecule has 1 aliphatic heterocycles. The molecule has 0 bridgehead atoms. The Morgan fingerprint density at radius 2 is 2.08 bits per heavy atom. The zero-order valence-electron chi connectivity index (χ0n) is 13.1. The van der Waals surface area contributed by atoms with E-state index in [1.165, 1.54) is 6.33 Å². The van der Waals surface area contributed by atoms with E-state index in [4.69, 9.17) is 4.52 Å². The summed E-state index contributed by atoms with van der Waals surface area (Å²) in [6.07, 6.45) is 2.97. The van der Waals surface area contributed by atoms with Crippen molar-refractivity contribution in [2.75, 3.05) is 13.1 Å². The molecule has 24 heavy (non-hydrogen) atoms. The number of amides is 1. The van der Waals surface area contributed by atoms with Gasteiger partial charge >= 0.3 is 0 Å². The van der Waals surface area contributed by atoms with Gasteiger partial charge in [0.2, 0.25) is 17.6 Å². The van der Waals surface area contributed by atoms with Crippen molar-refractivity contribution in [1.29, 1.82) is 0 Å². The standard InChI is InChI=1S/C16H16N6O2/c1-11(22-10-17-9-18-22)16(23)21-7-13(8-21)15-19-14(20-24-15)12-5-3-2-4-6-12/h2-6,9-11,13H,7-8H2,1H3/t11-/m0/s1. The fraction of sp³-hybridized carbons (Fsp3) is 0.312. The number of nitrogens with zero attached hydrogens (tertiary/aromatic N) is 6. The number of rotatable bonds is 4. The lowest BCUT2D eigenvalue weighted by Gasteiger charge is -2.38. The summed E-state index contributed by atoms with van der Waals surface area (Å²) in [5.74, 6) is 1.25. The summed E-state index contributed by atoms with van der Waals surface area (Å²) in [5.41, 5.74) is 0.916. The van der Waals surface area contributed by atoms with E-state index in [1.54, 1.807) is 15.9 Å². The third-order valence-corrected chi connectivity index (χ3v) is 4.21. The molecule has 122 valence electrons. The first-order chi connectivity index (χ1) is 11.7. The molecule has 0 spiro atoms. The molecule has 4 rings (SSSR count). The van der Waals surface area contributed by atoms with Crippen molar-refractivity contribution >= 4 is 5.91 Å². The van der Waals surface area contributed by atoms with Crippen LogP contribution in [0.4, 0.5) is 0 Å². The van der Waals surface area contributed by atoms with E-state index in [0.29, 0.717) is 24.8 Å². The zero-order valence-corrected chi connectivity index (χ0v) is 13.1. The van der Waals surface area contributed by atoms with Crippen LogP contribution < -0.4 is 0 Å². The minimum atomic E-state index is -0.365. The first kappa shape index (κ1) is 14.6. The summed E-state index contributed by atoms with van der Waals surface area (Å²) in [6, 6.07) is 9.31. The van der Waals surface area contributed by atoms with Crippen molar-refractivity contribution in [3.8, 4) is 11.4 Å². The molecule has 3 aromatic rings. The summed E-state index contributed by atoms with van der Waals surface area (Å²) in [5, 5.41) is 8.03. The maximum absolute atomic E-state index is 12.4. The maximum atomic E-state index is 12.4. The summed E-state index contributed by atoms with van der Waals surface area (Å²) in [7, 11) is 0. The molecule has 1 saturated heterocycles. The minimum Gasteiger partial charge on any atom is -0.339 e. The smallest absolute Gasteiger partial charge is 0.247 e. The quantitative estimate of drug-likeness (QED) is 0.722. The zero-order chi connectivity index (χ0) is 16.5. The highest BCUT2D eigenvalue weighted by Gasteiger charge is 2.37. The molecule has 0 saturated carbocycles. The van der Waals surface area contributed by atoms with Gasteiger partial charge in [0.1, 0.15) is 18.7 Å². The van der Waals surface area contributed by atoms with Crippen molar-refractivity contribution in [2.45, 2.75) is 18.9 Å². The number of carbonyl (C=O) groups is 1. The number of hydrogen-bond donors (Lipinski definition) is 0. The van der Waals surface area contributed by atoms with Gasteiger partial charge in [-0.05, 0) is 6.92 Å². The van der Waals surface area contributed by atoms with Crippen LogP contribution >= 0.6 is 0 Å². The first-order valence-electron chi connectivity index (χ1n) is 7.74. The molecule has 1 fully saturated rings. The summed E-state index contributed by atoms with van der Waals surface area (Å²) >= 11 is 0. The Bertz CT molecular complexity index is 823. The normalized spacial score (nSPS) is 16.0. The monoisotopic (exact) mass is 324 g/mol. The highest BCUT2D eigenvalue weighted by Crippen LogP contribution is 2.29. The van der Waals surface area contributed by atoms with Crippen LogP contribution in [0.5, 0.6) is 0 Å². The lowest BCUT2D eigenvalue weighted by molar-refractivity contribution is -0.139. The third-order valence-electron chi connectivity index (χ3n) is 4.21. The Kier molecular flexibility index (Phi) is 3.56. The van der Waals surface area contributed by atoms with Gasteiger partial charge in [-0.2, -0.15) is 10.1 Å². The number of likely N-dealkylation sites (tertiary alicyclic amines) is 1. The number of hydrogen-bond acceptors (Lipinski definition) is 6. The molecule has 3 heterocycles.